The van der Waals surface area contributed by atoms with E-state index in [0.29, 0.717) is 13.0 Å². The Hall–Kier alpha value is -1.55. The van der Waals surface area contributed by atoms with Gasteiger partial charge in [0, 0.05) is 6.42 Å². The van der Waals surface area contributed by atoms with Crippen molar-refractivity contribution < 1.29 is 9.53 Å². The van der Waals surface area contributed by atoms with Gasteiger partial charge in [-0.1, -0.05) is 18.2 Å². The van der Waals surface area contributed by atoms with Crippen LogP contribution in [-0.4, -0.2) is 18.6 Å². The number of primary amides is 1. The topological polar surface area (TPSA) is 78.3 Å². The molecule has 0 radical (unpaired) electrons. The van der Waals surface area contributed by atoms with Gasteiger partial charge < -0.3 is 16.2 Å². The third-order valence-electron chi connectivity index (χ3n) is 2.45. The van der Waals surface area contributed by atoms with Crippen LogP contribution < -0.4 is 16.2 Å². The summed E-state index contributed by atoms with van der Waals surface area (Å²) in [5.74, 6) is 0.365. The summed E-state index contributed by atoms with van der Waals surface area (Å²) in [4.78, 5) is 10.7. The van der Waals surface area contributed by atoms with E-state index >= 15 is 0 Å². The first-order valence-electron chi connectivity index (χ1n) is 5.26. The molecule has 88 valence electrons. The molecule has 0 saturated carbocycles. The summed E-state index contributed by atoms with van der Waals surface area (Å²) < 4.78 is 5.60. The van der Waals surface area contributed by atoms with Crippen molar-refractivity contribution in [1.82, 2.24) is 0 Å². The second-order valence-corrected chi connectivity index (χ2v) is 3.87. The fourth-order valence-corrected chi connectivity index (χ4v) is 1.46. The molecule has 1 atom stereocenters. The van der Waals surface area contributed by atoms with Gasteiger partial charge in [-0.15, -0.1) is 0 Å². The number of carbonyl (C=O) groups excluding carboxylic acids is 1. The largest absolute Gasteiger partial charge is 0.493 e. The van der Waals surface area contributed by atoms with Gasteiger partial charge in [-0.2, -0.15) is 0 Å². The second-order valence-electron chi connectivity index (χ2n) is 3.87. The summed E-state index contributed by atoms with van der Waals surface area (Å²) in [6.45, 7) is 4.36. The van der Waals surface area contributed by atoms with Crippen LogP contribution in [0.1, 0.15) is 17.5 Å². The van der Waals surface area contributed by atoms with E-state index in [1.807, 2.05) is 32.0 Å². The molecule has 0 spiro atoms. The van der Waals surface area contributed by atoms with Crippen molar-refractivity contribution >= 4 is 5.91 Å². The molecule has 0 bridgehead atoms. The molecule has 0 aromatic heterocycles. The molecule has 0 fully saturated rings. The van der Waals surface area contributed by atoms with Crippen LogP contribution in [-0.2, 0) is 4.79 Å². The van der Waals surface area contributed by atoms with Gasteiger partial charge in [0.1, 0.15) is 5.75 Å². The van der Waals surface area contributed by atoms with Crippen LogP contribution in [0.15, 0.2) is 18.2 Å². The summed E-state index contributed by atoms with van der Waals surface area (Å²) in [5, 5.41) is 0. The van der Waals surface area contributed by atoms with E-state index in [9.17, 15) is 4.79 Å². The van der Waals surface area contributed by atoms with Gasteiger partial charge >= 0.3 is 0 Å². The second kappa shape index (κ2) is 5.51. The predicted molar refractivity (Wildman–Crippen MR) is 63.2 cm³/mol. The Morgan fingerprint density at radius 3 is 2.44 bits per heavy atom. The van der Waals surface area contributed by atoms with Crippen LogP contribution in [0, 0.1) is 13.8 Å². The van der Waals surface area contributed by atoms with Crippen molar-refractivity contribution in [3.63, 3.8) is 0 Å². The number of carbonyl (C=O) groups is 1. The number of aryl methyl sites for hydroxylation is 2. The summed E-state index contributed by atoms with van der Waals surface area (Å²) in [7, 11) is 0. The van der Waals surface area contributed by atoms with Crippen LogP contribution in [0.5, 0.6) is 5.75 Å². The first-order valence-corrected chi connectivity index (χ1v) is 5.26. The Morgan fingerprint density at radius 1 is 1.38 bits per heavy atom. The Morgan fingerprint density at radius 2 is 1.94 bits per heavy atom. The van der Waals surface area contributed by atoms with Crippen molar-refractivity contribution in [1.29, 1.82) is 0 Å². The molecule has 0 aliphatic heterocycles. The Balaban J connectivity index is 2.52. The van der Waals surface area contributed by atoms with Gasteiger partial charge in [-0.25, -0.2) is 0 Å². The first-order chi connectivity index (χ1) is 7.52. The molecule has 1 rings (SSSR count). The fourth-order valence-electron chi connectivity index (χ4n) is 1.46. The zero-order chi connectivity index (χ0) is 12.1. The molecule has 4 nitrogen and oxygen atoms in total. The maximum absolute atomic E-state index is 10.7. The van der Waals surface area contributed by atoms with Crippen LogP contribution in [0.3, 0.4) is 0 Å². The molecule has 0 aliphatic carbocycles. The lowest BCUT2D eigenvalue weighted by Gasteiger charge is -2.13. The molecule has 1 aromatic carbocycles. The molecule has 0 aliphatic rings. The summed E-state index contributed by atoms with van der Waals surface area (Å²) in [5.41, 5.74) is 12.7. The molecular formula is C12H18N2O2. The number of para-hydroxylation sites is 1. The Kier molecular flexibility index (Phi) is 4.31. The maximum Gasteiger partial charge on any atom is 0.234 e. The average molecular weight is 222 g/mol. The van der Waals surface area contributed by atoms with Crippen LogP contribution in [0.2, 0.25) is 0 Å². The number of amides is 1. The Bertz CT molecular complexity index is 357. The molecule has 1 amide bonds. The van der Waals surface area contributed by atoms with Gasteiger partial charge in [0.2, 0.25) is 5.91 Å². The number of rotatable bonds is 5. The third kappa shape index (κ3) is 3.24. The molecule has 0 saturated heterocycles. The van der Waals surface area contributed by atoms with Gasteiger partial charge in [0.15, 0.2) is 0 Å². The molecule has 4 heteroatoms. The highest BCUT2D eigenvalue weighted by Gasteiger charge is 2.09. The number of benzene rings is 1. The van der Waals surface area contributed by atoms with E-state index in [-0.39, 0.29) is 0 Å². The van der Waals surface area contributed by atoms with Gasteiger partial charge in [0.05, 0.1) is 12.6 Å². The third-order valence-corrected chi connectivity index (χ3v) is 2.45. The number of hydrogen-bond donors (Lipinski definition) is 2. The standard InChI is InChI=1S/C12H18N2O2/c1-8-4-3-5-9(2)11(8)16-7-6-10(13)12(14)15/h3-5,10H,6-7,13H2,1-2H3,(H2,14,15). The lowest BCUT2D eigenvalue weighted by atomic mass is 10.1. The maximum atomic E-state index is 10.7. The first kappa shape index (κ1) is 12.5. The molecular weight excluding hydrogens is 204 g/mol. The summed E-state index contributed by atoms with van der Waals surface area (Å²) in [6, 6.07) is 5.31. The number of nitrogens with two attached hydrogens (primary N) is 2. The quantitative estimate of drug-likeness (QED) is 0.776. The summed E-state index contributed by atoms with van der Waals surface area (Å²) >= 11 is 0. The van der Waals surface area contributed by atoms with Gasteiger partial charge in [-0.05, 0) is 25.0 Å². The number of hydrogen-bond acceptors (Lipinski definition) is 3. The average Bonchev–Trinajstić information content (AvgIpc) is 2.22. The summed E-state index contributed by atoms with van der Waals surface area (Å²) in [6.07, 6.45) is 0.434. The monoisotopic (exact) mass is 222 g/mol. The zero-order valence-electron chi connectivity index (χ0n) is 9.69. The highest BCUT2D eigenvalue weighted by Crippen LogP contribution is 2.22. The van der Waals surface area contributed by atoms with Crippen molar-refractivity contribution in [3.05, 3.63) is 29.3 Å². The smallest absolute Gasteiger partial charge is 0.234 e. The Labute approximate surface area is 95.6 Å². The van der Waals surface area contributed by atoms with E-state index in [1.165, 1.54) is 0 Å². The fraction of sp³-hybridized carbons (Fsp3) is 0.417. The van der Waals surface area contributed by atoms with E-state index < -0.39 is 11.9 Å². The van der Waals surface area contributed by atoms with Gasteiger partial charge in [0.25, 0.3) is 0 Å². The zero-order valence-corrected chi connectivity index (χ0v) is 9.69. The molecule has 16 heavy (non-hydrogen) atoms. The lowest BCUT2D eigenvalue weighted by Crippen LogP contribution is -2.37. The SMILES string of the molecule is Cc1cccc(C)c1OCCC(N)C(N)=O. The molecule has 1 unspecified atom stereocenters. The van der Waals surface area contributed by atoms with Crippen molar-refractivity contribution in [2.24, 2.45) is 11.5 Å². The highest BCUT2D eigenvalue weighted by atomic mass is 16.5. The van der Waals surface area contributed by atoms with E-state index in [0.717, 1.165) is 16.9 Å². The minimum absolute atomic E-state index is 0.399. The van der Waals surface area contributed by atoms with Crippen LogP contribution in [0.25, 0.3) is 0 Å². The minimum Gasteiger partial charge on any atom is -0.493 e. The van der Waals surface area contributed by atoms with Crippen LogP contribution in [0.4, 0.5) is 0 Å². The highest BCUT2D eigenvalue weighted by molar-refractivity contribution is 5.79. The lowest BCUT2D eigenvalue weighted by molar-refractivity contribution is -0.119. The van der Waals surface area contributed by atoms with Crippen molar-refractivity contribution in [2.45, 2.75) is 26.3 Å². The van der Waals surface area contributed by atoms with E-state index in [4.69, 9.17) is 16.2 Å². The van der Waals surface area contributed by atoms with E-state index in [1.54, 1.807) is 0 Å². The van der Waals surface area contributed by atoms with Crippen LogP contribution >= 0.6 is 0 Å². The minimum atomic E-state index is -0.635. The molecule has 4 N–H and O–H groups in total. The normalized spacial score (nSPS) is 12.2. The molecule has 1 aromatic rings. The predicted octanol–water partition coefficient (Wildman–Crippen LogP) is 0.885. The molecule has 0 heterocycles. The van der Waals surface area contributed by atoms with Crippen molar-refractivity contribution in [2.75, 3.05) is 6.61 Å². The number of ether oxygens (including phenoxy) is 1. The van der Waals surface area contributed by atoms with Crippen molar-refractivity contribution in [3.8, 4) is 5.75 Å². The van der Waals surface area contributed by atoms with E-state index in [2.05, 4.69) is 0 Å². The van der Waals surface area contributed by atoms with Gasteiger partial charge in [-0.3, -0.25) is 4.79 Å².